The summed E-state index contributed by atoms with van der Waals surface area (Å²) in [5, 5.41) is 0. The van der Waals surface area contributed by atoms with Crippen molar-refractivity contribution in [1.82, 2.24) is 4.98 Å². The molecule has 0 saturated heterocycles. The van der Waals surface area contributed by atoms with Gasteiger partial charge in [-0.2, -0.15) is 0 Å². The zero-order valence-corrected chi connectivity index (χ0v) is 7.81. The van der Waals surface area contributed by atoms with Crippen molar-refractivity contribution in [3.8, 4) is 5.75 Å². The van der Waals surface area contributed by atoms with E-state index in [9.17, 15) is 18.0 Å². The highest BCUT2D eigenvalue weighted by atomic mass is 19.4. The maximum Gasteiger partial charge on any atom is 0.573 e. The van der Waals surface area contributed by atoms with Gasteiger partial charge in [-0.15, -0.1) is 13.2 Å². The number of hydrogen-bond acceptors (Lipinski definition) is 3. The Hall–Kier alpha value is -1.50. The zero-order valence-electron chi connectivity index (χ0n) is 7.81. The summed E-state index contributed by atoms with van der Waals surface area (Å²) < 4.78 is 39.1. The number of hydrogen-bond donors (Lipinski definition) is 2. The van der Waals surface area contributed by atoms with E-state index in [1.807, 2.05) is 0 Å². The Bertz CT molecular complexity index is 411. The van der Waals surface area contributed by atoms with Gasteiger partial charge >= 0.3 is 6.36 Å². The molecule has 4 nitrogen and oxygen atoms in total. The van der Waals surface area contributed by atoms with E-state index >= 15 is 0 Å². The van der Waals surface area contributed by atoms with Crippen LogP contribution in [0.15, 0.2) is 11.0 Å². The van der Waals surface area contributed by atoms with E-state index in [1.54, 1.807) is 6.92 Å². The number of alkyl halides is 3. The number of aromatic amines is 1. The summed E-state index contributed by atoms with van der Waals surface area (Å²) in [7, 11) is 0. The molecule has 0 aliphatic carbocycles. The Balaban J connectivity index is 3.17. The molecular formula is C8H9F3N2O2. The number of aryl methyl sites for hydroxylation is 1. The van der Waals surface area contributed by atoms with Crippen molar-refractivity contribution in [3.63, 3.8) is 0 Å². The van der Waals surface area contributed by atoms with Crippen LogP contribution in [0.2, 0.25) is 0 Å². The number of aromatic nitrogens is 1. The molecule has 0 aliphatic rings. The van der Waals surface area contributed by atoms with Crippen LogP contribution < -0.4 is 15.9 Å². The fourth-order valence-corrected chi connectivity index (χ4v) is 1.09. The number of nitrogens with one attached hydrogen (secondary N) is 1. The molecule has 1 aromatic rings. The summed E-state index contributed by atoms with van der Waals surface area (Å²) >= 11 is 0. The van der Waals surface area contributed by atoms with E-state index in [4.69, 9.17) is 5.73 Å². The van der Waals surface area contributed by atoms with Gasteiger partial charge in [-0.25, -0.2) is 0 Å². The van der Waals surface area contributed by atoms with E-state index < -0.39 is 17.5 Å². The molecule has 1 aromatic heterocycles. The Morgan fingerprint density at radius 1 is 1.53 bits per heavy atom. The van der Waals surface area contributed by atoms with E-state index in [-0.39, 0.29) is 12.1 Å². The van der Waals surface area contributed by atoms with Gasteiger partial charge in [-0.3, -0.25) is 4.79 Å². The minimum atomic E-state index is -4.88. The minimum Gasteiger partial charge on any atom is -0.400 e. The summed E-state index contributed by atoms with van der Waals surface area (Å²) in [6, 6.07) is 0. The standard InChI is InChI=1S/C8H9F3N2O2/c1-4-5(2-12)7(14)6(3-13-4)15-8(9,10)11/h3H,2,12H2,1H3,(H,13,14). The molecule has 0 spiro atoms. The third kappa shape index (κ3) is 2.72. The zero-order chi connectivity index (χ0) is 11.6. The summed E-state index contributed by atoms with van der Waals surface area (Å²) in [5.41, 5.74) is 4.89. The number of halogens is 3. The van der Waals surface area contributed by atoms with Crippen molar-refractivity contribution >= 4 is 0 Å². The molecule has 0 aromatic carbocycles. The molecule has 0 saturated carbocycles. The maximum atomic E-state index is 11.9. The lowest BCUT2D eigenvalue weighted by atomic mass is 10.2. The van der Waals surface area contributed by atoms with Gasteiger partial charge in [-0.1, -0.05) is 0 Å². The van der Waals surface area contributed by atoms with E-state index in [2.05, 4.69) is 9.72 Å². The number of ether oxygens (including phenoxy) is 1. The first-order valence-electron chi connectivity index (χ1n) is 4.02. The Morgan fingerprint density at radius 3 is 2.60 bits per heavy atom. The molecule has 84 valence electrons. The van der Waals surface area contributed by atoms with Crippen molar-refractivity contribution < 1.29 is 17.9 Å². The normalized spacial score (nSPS) is 11.5. The van der Waals surface area contributed by atoms with Gasteiger partial charge < -0.3 is 15.5 Å². The molecule has 1 rings (SSSR count). The number of rotatable bonds is 2. The number of H-pyrrole nitrogens is 1. The smallest absolute Gasteiger partial charge is 0.400 e. The highest BCUT2D eigenvalue weighted by Gasteiger charge is 2.32. The average Bonchev–Trinajstić information content (AvgIpc) is 2.09. The first-order valence-corrected chi connectivity index (χ1v) is 4.02. The molecule has 3 N–H and O–H groups in total. The molecule has 7 heteroatoms. The summed E-state index contributed by atoms with van der Waals surface area (Å²) in [4.78, 5) is 13.9. The minimum absolute atomic E-state index is 0.0803. The van der Waals surface area contributed by atoms with Crippen LogP contribution >= 0.6 is 0 Å². The third-order valence-electron chi connectivity index (χ3n) is 1.80. The van der Waals surface area contributed by atoms with Gasteiger partial charge in [0, 0.05) is 24.0 Å². The van der Waals surface area contributed by atoms with Crippen molar-refractivity contribution in [1.29, 1.82) is 0 Å². The number of pyridine rings is 1. The maximum absolute atomic E-state index is 11.9. The second kappa shape index (κ2) is 3.93. The Kier molecular flexibility index (Phi) is 3.04. The van der Waals surface area contributed by atoms with Crippen molar-refractivity contribution in [2.45, 2.75) is 19.8 Å². The average molecular weight is 222 g/mol. The van der Waals surface area contributed by atoms with Crippen molar-refractivity contribution in [3.05, 3.63) is 27.7 Å². The topological polar surface area (TPSA) is 68.1 Å². The molecule has 0 amide bonds. The molecule has 0 aliphatic heterocycles. The van der Waals surface area contributed by atoms with Crippen LogP contribution in [0.4, 0.5) is 13.2 Å². The molecule has 0 radical (unpaired) electrons. The molecule has 0 fully saturated rings. The van der Waals surface area contributed by atoms with Crippen molar-refractivity contribution in [2.75, 3.05) is 0 Å². The van der Waals surface area contributed by atoms with Crippen LogP contribution in [0.5, 0.6) is 5.75 Å². The number of nitrogens with two attached hydrogens (primary N) is 1. The first kappa shape index (κ1) is 11.6. The van der Waals surface area contributed by atoms with Crippen LogP contribution in [-0.4, -0.2) is 11.3 Å². The van der Waals surface area contributed by atoms with Gasteiger partial charge in [0.1, 0.15) is 0 Å². The van der Waals surface area contributed by atoms with Crippen LogP contribution in [0.3, 0.4) is 0 Å². The summed E-state index contributed by atoms with van der Waals surface area (Å²) in [6.07, 6.45) is -4.02. The second-order valence-corrected chi connectivity index (χ2v) is 2.84. The van der Waals surface area contributed by atoms with Crippen LogP contribution in [0, 0.1) is 6.92 Å². The predicted octanol–water partition coefficient (Wildman–Crippen LogP) is 1.04. The SMILES string of the molecule is Cc1[nH]cc(OC(F)(F)F)c(=O)c1CN. The van der Waals surface area contributed by atoms with Crippen LogP contribution in [0.1, 0.15) is 11.3 Å². The van der Waals surface area contributed by atoms with Crippen molar-refractivity contribution in [2.24, 2.45) is 5.73 Å². The highest BCUT2D eigenvalue weighted by Crippen LogP contribution is 2.19. The van der Waals surface area contributed by atoms with E-state index in [0.717, 1.165) is 6.20 Å². The largest absolute Gasteiger partial charge is 0.573 e. The van der Waals surface area contributed by atoms with Crippen LogP contribution in [0.25, 0.3) is 0 Å². The molecular weight excluding hydrogens is 213 g/mol. The lowest BCUT2D eigenvalue weighted by molar-refractivity contribution is -0.275. The molecule has 15 heavy (non-hydrogen) atoms. The molecule has 1 heterocycles. The van der Waals surface area contributed by atoms with E-state index in [0.29, 0.717) is 5.69 Å². The highest BCUT2D eigenvalue weighted by molar-refractivity contribution is 5.29. The van der Waals surface area contributed by atoms with Gasteiger partial charge in [-0.05, 0) is 6.92 Å². The molecule has 0 atom stereocenters. The van der Waals surface area contributed by atoms with Gasteiger partial charge in [0.25, 0.3) is 0 Å². The molecule has 0 unspecified atom stereocenters. The quantitative estimate of drug-likeness (QED) is 0.785. The third-order valence-corrected chi connectivity index (χ3v) is 1.80. The predicted molar refractivity (Wildman–Crippen MR) is 46.4 cm³/mol. The fourth-order valence-electron chi connectivity index (χ4n) is 1.09. The molecule has 0 bridgehead atoms. The summed E-state index contributed by atoms with van der Waals surface area (Å²) in [5.74, 6) is -0.798. The summed E-state index contributed by atoms with van der Waals surface area (Å²) in [6.45, 7) is 1.40. The van der Waals surface area contributed by atoms with E-state index in [1.165, 1.54) is 0 Å². The van der Waals surface area contributed by atoms with Gasteiger partial charge in [0.05, 0.1) is 0 Å². The van der Waals surface area contributed by atoms with Gasteiger partial charge in [0.15, 0.2) is 5.75 Å². The fraction of sp³-hybridized carbons (Fsp3) is 0.375. The monoisotopic (exact) mass is 222 g/mol. The lowest BCUT2D eigenvalue weighted by Gasteiger charge is -2.10. The Labute approximate surface area is 82.9 Å². The van der Waals surface area contributed by atoms with Crippen LogP contribution in [-0.2, 0) is 6.54 Å². The van der Waals surface area contributed by atoms with Gasteiger partial charge in [0.2, 0.25) is 5.43 Å². The lowest BCUT2D eigenvalue weighted by Crippen LogP contribution is -2.25. The Morgan fingerprint density at radius 2 is 2.13 bits per heavy atom. The second-order valence-electron chi connectivity index (χ2n) is 2.84. The first-order chi connectivity index (χ1) is 6.85.